The normalized spacial score (nSPS) is 11.4. The van der Waals surface area contributed by atoms with Gasteiger partial charge in [-0.3, -0.25) is 14.4 Å². The number of hydrogen-bond donors (Lipinski definition) is 2. The lowest BCUT2D eigenvalue weighted by Gasteiger charge is -2.18. The van der Waals surface area contributed by atoms with Gasteiger partial charge in [0.1, 0.15) is 5.69 Å². The molecule has 1 aromatic carbocycles. The van der Waals surface area contributed by atoms with Gasteiger partial charge in [-0.15, -0.1) is 0 Å². The number of benzene rings is 1. The highest BCUT2D eigenvalue weighted by Gasteiger charge is 2.30. The van der Waals surface area contributed by atoms with Crippen molar-refractivity contribution >= 4 is 34.9 Å². The quantitative estimate of drug-likeness (QED) is 0.416. The Morgan fingerprint density at radius 1 is 1.10 bits per heavy atom. The van der Waals surface area contributed by atoms with Crippen LogP contribution in [-0.4, -0.2) is 28.7 Å². The predicted molar refractivity (Wildman–Crippen MR) is 106 cm³/mol. The first-order valence-corrected chi connectivity index (χ1v) is 9.25. The Kier molecular flexibility index (Phi) is 6.66. The lowest BCUT2D eigenvalue weighted by Crippen LogP contribution is -2.37. The number of carbonyl (C=O) groups excluding carboxylic acids is 3. The Morgan fingerprint density at radius 2 is 1.63 bits per heavy atom. The van der Waals surface area contributed by atoms with E-state index in [4.69, 9.17) is 11.6 Å². The van der Waals surface area contributed by atoms with Crippen molar-refractivity contribution in [3.8, 4) is 0 Å². The number of Topliss-reactive ketones (excluding diaryl/α,β-unsaturated/α-hetero) is 1. The molecule has 30 heavy (non-hydrogen) atoms. The van der Waals surface area contributed by atoms with Crippen LogP contribution < -0.4 is 10.6 Å². The molecule has 2 N–H and O–H groups in total. The van der Waals surface area contributed by atoms with E-state index < -0.39 is 35.0 Å². The number of aromatic nitrogens is 1. The number of ketones is 1. The van der Waals surface area contributed by atoms with Gasteiger partial charge in [0.05, 0.1) is 10.6 Å². The Labute approximate surface area is 176 Å². The highest BCUT2D eigenvalue weighted by Crippen LogP contribution is 2.29. The molecule has 10 heteroatoms. The molecule has 2 rings (SSSR count). The van der Waals surface area contributed by atoms with Gasteiger partial charge in [0.15, 0.2) is 17.5 Å². The molecule has 0 atom stereocenters. The topological polar surface area (TPSA) is 80.2 Å². The van der Waals surface area contributed by atoms with Crippen molar-refractivity contribution in [2.45, 2.75) is 27.7 Å². The first-order valence-electron chi connectivity index (χ1n) is 8.87. The van der Waals surface area contributed by atoms with Gasteiger partial charge in [0.2, 0.25) is 0 Å². The Hall–Kier alpha value is -2.81. The fourth-order valence-corrected chi connectivity index (χ4v) is 3.07. The van der Waals surface area contributed by atoms with E-state index in [2.05, 4.69) is 10.6 Å². The molecular formula is C20H21ClF3N3O3. The number of rotatable bonds is 5. The minimum Gasteiger partial charge on any atom is -0.349 e. The lowest BCUT2D eigenvalue weighted by atomic mass is 9.97. The van der Waals surface area contributed by atoms with Crippen molar-refractivity contribution in [3.05, 3.63) is 51.6 Å². The third kappa shape index (κ3) is 4.84. The molecule has 6 nitrogen and oxygen atoms in total. The zero-order chi connectivity index (χ0) is 23.0. The van der Waals surface area contributed by atoms with Crippen molar-refractivity contribution in [1.29, 1.82) is 0 Å². The molecule has 2 amide bonds. The van der Waals surface area contributed by atoms with Gasteiger partial charge < -0.3 is 15.2 Å². The highest BCUT2D eigenvalue weighted by molar-refractivity contribution is 6.48. The molecule has 162 valence electrons. The van der Waals surface area contributed by atoms with Crippen LogP contribution in [0.15, 0.2) is 12.1 Å². The fourth-order valence-electron chi connectivity index (χ4n) is 2.63. The van der Waals surface area contributed by atoms with E-state index in [1.807, 2.05) is 20.8 Å². The summed E-state index contributed by atoms with van der Waals surface area (Å²) in [7, 11) is 1.44. The average molecular weight is 444 g/mol. The SMILES string of the molecule is Cc1c(C(=O)Nc2cc(F)c(F)c(F)c2)c(Cl)c(C(=O)C(=O)NCC(C)(C)C)n1C. The largest absolute Gasteiger partial charge is 0.349 e. The summed E-state index contributed by atoms with van der Waals surface area (Å²) in [6.45, 7) is 7.35. The van der Waals surface area contributed by atoms with Gasteiger partial charge in [-0.25, -0.2) is 13.2 Å². The zero-order valence-corrected chi connectivity index (χ0v) is 17.8. The van der Waals surface area contributed by atoms with Crippen LogP contribution in [0.2, 0.25) is 5.02 Å². The molecule has 0 unspecified atom stereocenters. The maximum absolute atomic E-state index is 13.4. The molecule has 2 aromatic rings. The van der Waals surface area contributed by atoms with Crippen molar-refractivity contribution in [3.63, 3.8) is 0 Å². The summed E-state index contributed by atoms with van der Waals surface area (Å²) in [4.78, 5) is 37.4. The van der Waals surface area contributed by atoms with Crippen LogP contribution in [0.1, 0.15) is 47.3 Å². The van der Waals surface area contributed by atoms with Gasteiger partial charge in [-0.1, -0.05) is 32.4 Å². The monoisotopic (exact) mass is 443 g/mol. The minimum atomic E-state index is -1.67. The fraction of sp³-hybridized carbons (Fsp3) is 0.350. The van der Waals surface area contributed by atoms with E-state index in [9.17, 15) is 27.6 Å². The maximum atomic E-state index is 13.4. The predicted octanol–water partition coefficient (Wildman–Crippen LogP) is 4.00. The standard InChI is InChI=1S/C20H21ClF3N3O3/c1-9-13(18(29)26-10-6-11(22)15(24)12(23)7-10)14(21)16(27(9)5)17(28)19(30)25-8-20(2,3)4/h6-7H,8H2,1-5H3,(H,25,30)(H,26,29). The summed E-state index contributed by atoms with van der Waals surface area (Å²) in [6.07, 6.45) is 0. The summed E-state index contributed by atoms with van der Waals surface area (Å²) in [5.41, 5.74) is -0.716. The van der Waals surface area contributed by atoms with E-state index in [1.54, 1.807) is 0 Å². The van der Waals surface area contributed by atoms with E-state index in [1.165, 1.54) is 18.5 Å². The second-order valence-corrected chi connectivity index (χ2v) is 8.34. The molecule has 1 aromatic heterocycles. The molecule has 0 radical (unpaired) electrons. The van der Waals surface area contributed by atoms with Crippen LogP contribution >= 0.6 is 11.6 Å². The van der Waals surface area contributed by atoms with Gasteiger partial charge in [0, 0.05) is 37.1 Å². The van der Waals surface area contributed by atoms with Crippen molar-refractivity contribution in [2.75, 3.05) is 11.9 Å². The Bertz CT molecular complexity index is 1020. The summed E-state index contributed by atoms with van der Waals surface area (Å²) in [6, 6.07) is 1.21. The van der Waals surface area contributed by atoms with Crippen LogP contribution in [0.4, 0.5) is 18.9 Å². The smallest absolute Gasteiger partial charge is 0.294 e. The Balaban J connectivity index is 2.34. The number of anilines is 1. The van der Waals surface area contributed by atoms with Crippen molar-refractivity contribution in [2.24, 2.45) is 12.5 Å². The van der Waals surface area contributed by atoms with Crippen LogP contribution in [0.25, 0.3) is 0 Å². The van der Waals surface area contributed by atoms with E-state index in [0.717, 1.165) is 0 Å². The third-order valence-electron chi connectivity index (χ3n) is 4.30. The van der Waals surface area contributed by atoms with E-state index >= 15 is 0 Å². The molecule has 0 bridgehead atoms. The molecular weight excluding hydrogens is 423 g/mol. The van der Waals surface area contributed by atoms with Crippen LogP contribution in [-0.2, 0) is 11.8 Å². The first kappa shape index (κ1) is 23.5. The second-order valence-electron chi connectivity index (χ2n) is 7.96. The van der Waals surface area contributed by atoms with Gasteiger partial charge in [-0.2, -0.15) is 0 Å². The molecule has 0 saturated heterocycles. The zero-order valence-electron chi connectivity index (χ0n) is 17.0. The van der Waals surface area contributed by atoms with Crippen LogP contribution in [0.5, 0.6) is 0 Å². The summed E-state index contributed by atoms with van der Waals surface area (Å²) >= 11 is 6.22. The van der Waals surface area contributed by atoms with E-state index in [-0.39, 0.29) is 39.6 Å². The number of nitrogens with one attached hydrogen (secondary N) is 2. The van der Waals surface area contributed by atoms with Gasteiger partial charge in [-0.05, 0) is 12.3 Å². The van der Waals surface area contributed by atoms with Gasteiger partial charge >= 0.3 is 0 Å². The summed E-state index contributed by atoms with van der Waals surface area (Å²) in [5.74, 6) is -7.33. The molecule has 0 aliphatic rings. The van der Waals surface area contributed by atoms with Gasteiger partial charge in [0.25, 0.3) is 17.6 Å². The summed E-state index contributed by atoms with van der Waals surface area (Å²) in [5, 5.41) is 4.43. The highest BCUT2D eigenvalue weighted by atomic mass is 35.5. The number of halogens is 4. The molecule has 0 spiro atoms. The van der Waals surface area contributed by atoms with Crippen molar-refractivity contribution < 1.29 is 27.6 Å². The lowest BCUT2D eigenvalue weighted by molar-refractivity contribution is -0.117. The Morgan fingerprint density at radius 3 is 2.13 bits per heavy atom. The molecule has 0 aliphatic carbocycles. The van der Waals surface area contributed by atoms with Crippen LogP contribution in [0.3, 0.4) is 0 Å². The number of carbonyl (C=O) groups is 3. The molecule has 1 heterocycles. The first-order chi connectivity index (χ1) is 13.7. The number of amides is 2. The molecule has 0 saturated carbocycles. The maximum Gasteiger partial charge on any atom is 0.294 e. The molecule has 0 fully saturated rings. The van der Waals surface area contributed by atoms with E-state index in [0.29, 0.717) is 12.1 Å². The van der Waals surface area contributed by atoms with Crippen molar-refractivity contribution in [1.82, 2.24) is 9.88 Å². The second kappa shape index (κ2) is 8.51. The average Bonchev–Trinajstić information content (AvgIpc) is 2.85. The number of hydrogen-bond acceptors (Lipinski definition) is 3. The number of nitrogens with zero attached hydrogens (tertiary/aromatic N) is 1. The third-order valence-corrected chi connectivity index (χ3v) is 4.67. The summed E-state index contributed by atoms with van der Waals surface area (Å²) < 4.78 is 41.1. The minimum absolute atomic E-state index is 0.156. The molecule has 0 aliphatic heterocycles. The van der Waals surface area contributed by atoms with Crippen LogP contribution in [0, 0.1) is 29.8 Å².